The molecule has 0 bridgehead atoms. The number of rotatable bonds is 3. The Morgan fingerprint density at radius 3 is 2.95 bits per heavy atom. The van der Waals surface area contributed by atoms with E-state index in [9.17, 15) is 14.4 Å². The molecule has 0 aromatic rings. The maximum Gasteiger partial charge on any atom is 0.409 e. The number of carbonyl (C=O) groups is 3. The van der Waals surface area contributed by atoms with Crippen molar-refractivity contribution < 1.29 is 24.2 Å². The summed E-state index contributed by atoms with van der Waals surface area (Å²) in [6, 6.07) is -0.313. The van der Waals surface area contributed by atoms with E-state index in [-0.39, 0.29) is 37.0 Å². The molecule has 0 aromatic heterocycles. The molecule has 2 N–H and O–H groups in total. The van der Waals surface area contributed by atoms with Crippen molar-refractivity contribution in [3.63, 3.8) is 0 Å². The van der Waals surface area contributed by atoms with Crippen molar-refractivity contribution in [2.24, 2.45) is 5.92 Å². The lowest BCUT2D eigenvalue weighted by molar-refractivity contribution is -0.136. The van der Waals surface area contributed by atoms with Crippen LogP contribution in [0.1, 0.15) is 12.8 Å². The summed E-state index contributed by atoms with van der Waals surface area (Å²) in [5.41, 5.74) is 0. The van der Waals surface area contributed by atoms with E-state index < -0.39 is 5.97 Å². The maximum absolute atomic E-state index is 11.9. The molecule has 112 valence electrons. The first-order valence-electron chi connectivity index (χ1n) is 6.63. The van der Waals surface area contributed by atoms with Gasteiger partial charge in [0.15, 0.2) is 0 Å². The zero-order valence-corrected chi connectivity index (χ0v) is 11.4. The van der Waals surface area contributed by atoms with Crippen LogP contribution in [0.5, 0.6) is 0 Å². The Labute approximate surface area is 116 Å². The lowest BCUT2D eigenvalue weighted by atomic mass is 9.90. The minimum atomic E-state index is -0.946. The minimum absolute atomic E-state index is 0.0322. The zero-order chi connectivity index (χ0) is 14.7. The number of amides is 3. The topological polar surface area (TPSA) is 99.2 Å². The van der Waals surface area contributed by atoms with Crippen LogP contribution in [0.3, 0.4) is 0 Å². The van der Waals surface area contributed by atoms with Crippen LogP contribution in [0.25, 0.3) is 0 Å². The van der Waals surface area contributed by atoms with Gasteiger partial charge in [-0.1, -0.05) is 0 Å². The maximum atomic E-state index is 11.9. The van der Waals surface area contributed by atoms with Gasteiger partial charge in [0.25, 0.3) is 0 Å². The van der Waals surface area contributed by atoms with E-state index in [4.69, 9.17) is 9.84 Å². The van der Waals surface area contributed by atoms with Crippen molar-refractivity contribution in [1.82, 2.24) is 15.1 Å². The van der Waals surface area contributed by atoms with Crippen molar-refractivity contribution >= 4 is 18.1 Å². The molecule has 8 heteroatoms. The summed E-state index contributed by atoms with van der Waals surface area (Å²) in [6.07, 6.45) is 0.311. The normalized spacial score (nSPS) is 25.8. The van der Waals surface area contributed by atoms with E-state index in [1.165, 1.54) is 4.90 Å². The Kier molecular flexibility index (Phi) is 4.31. The van der Waals surface area contributed by atoms with Gasteiger partial charge in [0.1, 0.15) is 0 Å². The number of fused-ring (bicyclic) bond motifs is 1. The number of likely N-dealkylation sites (N-methyl/N-ethyl adjacent to an activating group) is 1. The van der Waals surface area contributed by atoms with E-state index in [2.05, 4.69) is 5.32 Å². The van der Waals surface area contributed by atoms with Crippen molar-refractivity contribution in [3.8, 4) is 0 Å². The Morgan fingerprint density at radius 1 is 1.50 bits per heavy atom. The Hall–Kier alpha value is -1.99. The largest absolute Gasteiger partial charge is 0.481 e. The Balaban J connectivity index is 1.87. The second kappa shape index (κ2) is 5.98. The fourth-order valence-corrected chi connectivity index (χ4v) is 2.60. The molecule has 2 heterocycles. The average Bonchev–Trinajstić information content (AvgIpc) is 2.42. The SMILES string of the molecule is CN1C(=O)OC[C@@H]2CCN(C(=O)NCCC(=O)O)C[C@H]21. The molecule has 8 nitrogen and oxygen atoms in total. The molecule has 2 aliphatic heterocycles. The van der Waals surface area contributed by atoms with E-state index in [0.717, 1.165) is 6.42 Å². The van der Waals surface area contributed by atoms with Crippen molar-refractivity contribution in [3.05, 3.63) is 0 Å². The summed E-state index contributed by atoms with van der Waals surface area (Å²) in [5, 5.41) is 11.1. The van der Waals surface area contributed by atoms with Crippen LogP contribution in [-0.4, -0.2) is 72.3 Å². The Morgan fingerprint density at radius 2 is 2.25 bits per heavy atom. The van der Waals surface area contributed by atoms with Gasteiger partial charge in [0.2, 0.25) is 0 Å². The monoisotopic (exact) mass is 285 g/mol. The molecule has 3 amide bonds. The summed E-state index contributed by atoms with van der Waals surface area (Å²) in [7, 11) is 1.67. The van der Waals surface area contributed by atoms with Gasteiger partial charge < -0.3 is 25.0 Å². The molecule has 2 atom stereocenters. The van der Waals surface area contributed by atoms with Gasteiger partial charge in [-0.15, -0.1) is 0 Å². The highest BCUT2D eigenvalue weighted by molar-refractivity contribution is 5.75. The first-order chi connectivity index (χ1) is 9.49. The molecule has 0 spiro atoms. The first kappa shape index (κ1) is 14.4. The molecule has 2 saturated heterocycles. The number of ether oxygens (including phenoxy) is 1. The highest BCUT2D eigenvalue weighted by atomic mass is 16.6. The number of urea groups is 1. The quantitative estimate of drug-likeness (QED) is 0.757. The third-order valence-electron chi connectivity index (χ3n) is 3.83. The van der Waals surface area contributed by atoms with Crippen LogP contribution in [0, 0.1) is 5.92 Å². The molecule has 0 radical (unpaired) electrons. The van der Waals surface area contributed by atoms with E-state index in [1.807, 2.05) is 0 Å². The van der Waals surface area contributed by atoms with Gasteiger partial charge >= 0.3 is 18.1 Å². The number of carbonyl (C=O) groups excluding carboxylic acids is 2. The number of piperidine rings is 1. The van der Waals surface area contributed by atoms with Crippen LogP contribution in [0.2, 0.25) is 0 Å². The predicted octanol–water partition coefficient (Wildman–Crippen LogP) is -0.0568. The lowest BCUT2D eigenvalue weighted by Crippen LogP contribution is -2.59. The number of carboxylic acids is 1. The molecule has 2 aliphatic rings. The predicted molar refractivity (Wildman–Crippen MR) is 68.2 cm³/mol. The molecule has 0 aliphatic carbocycles. The third-order valence-corrected chi connectivity index (χ3v) is 3.83. The highest BCUT2D eigenvalue weighted by Crippen LogP contribution is 2.26. The molecule has 2 fully saturated rings. The smallest absolute Gasteiger partial charge is 0.409 e. The zero-order valence-electron chi connectivity index (χ0n) is 11.4. The number of nitrogens with one attached hydrogen (secondary N) is 1. The molecule has 0 saturated carbocycles. The number of likely N-dealkylation sites (tertiary alicyclic amines) is 1. The number of hydrogen-bond acceptors (Lipinski definition) is 4. The van der Waals surface area contributed by atoms with Crippen LogP contribution in [0.4, 0.5) is 9.59 Å². The van der Waals surface area contributed by atoms with Gasteiger partial charge in [-0.05, 0) is 6.42 Å². The second-order valence-corrected chi connectivity index (χ2v) is 5.13. The number of carboxylic acid groups (broad SMARTS) is 1. The van der Waals surface area contributed by atoms with Crippen LogP contribution in [-0.2, 0) is 9.53 Å². The van der Waals surface area contributed by atoms with Gasteiger partial charge in [0.05, 0.1) is 19.1 Å². The molecule has 0 unspecified atom stereocenters. The van der Waals surface area contributed by atoms with E-state index in [0.29, 0.717) is 19.7 Å². The fourth-order valence-electron chi connectivity index (χ4n) is 2.60. The number of aliphatic carboxylic acids is 1. The number of hydrogen-bond donors (Lipinski definition) is 2. The van der Waals surface area contributed by atoms with Crippen LogP contribution in [0.15, 0.2) is 0 Å². The van der Waals surface area contributed by atoms with Gasteiger partial charge in [0, 0.05) is 32.6 Å². The molecule has 2 rings (SSSR count). The summed E-state index contributed by atoms with van der Waals surface area (Å²) in [6.45, 7) is 1.56. The van der Waals surface area contributed by atoms with E-state index >= 15 is 0 Å². The standard InChI is InChI=1S/C12H19N3O5/c1-14-9-6-15(11(18)13-4-2-10(16)17)5-3-8(9)7-20-12(14)19/h8-9H,2-7H2,1H3,(H,13,18)(H,16,17)/t8-,9+/m0/s1. The molecular formula is C12H19N3O5. The molecule has 20 heavy (non-hydrogen) atoms. The first-order valence-corrected chi connectivity index (χ1v) is 6.63. The fraction of sp³-hybridized carbons (Fsp3) is 0.750. The van der Waals surface area contributed by atoms with Crippen molar-refractivity contribution in [1.29, 1.82) is 0 Å². The van der Waals surface area contributed by atoms with Crippen LogP contribution < -0.4 is 5.32 Å². The van der Waals surface area contributed by atoms with Gasteiger partial charge in [-0.3, -0.25) is 4.79 Å². The minimum Gasteiger partial charge on any atom is -0.481 e. The van der Waals surface area contributed by atoms with Crippen molar-refractivity contribution in [2.75, 3.05) is 33.3 Å². The van der Waals surface area contributed by atoms with Gasteiger partial charge in [-0.25, -0.2) is 9.59 Å². The van der Waals surface area contributed by atoms with E-state index in [1.54, 1.807) is 11.9 Å². The second-order valence-electron chi connectivity index (χ2n) is 5.13. The van der Waals surface area contributed by atoms with Gasteiger partial charge in [-0.2, -0.15) is 0 Å². The van der Waals surface area contributed by atoms with Crippen molar-refractivity contribution in [2.45, 2.75) is 18.9 Å². The summed E-state index contributed by atoms with van der Waals surface area (Å²) in [5.74, 6) is -0.695. The molecule has 0 aromatic carbocycles. The molecular weight excluding hydrogens is 266 g/mol. The summed E-state index contributed by atoms with van der Waals surface area (Å²) < 4.78 is 5.05. The van der Waals surface area contributed by atoms with Crippen LogP contribution >= 0.6 is 0 Å². The number of cyclic esters (lactones) is 1. The lowest BCUT2D eigenvalue weighted by Gasteiger charge is -2.44. The summed E-state index contributed by atoms with van der Waals surface area (Å²) >= 11 is 0. The summed E-state index contributed by atoms with van der Waals surface area (Å²) in [4.78, 5) is 37.0. The number of nitrogens with zero attached hydrogens (tertiary/aromatic N) is 2. The average molecular weight is 285 g/mol. The highest BCUT2D eigenvalue weighted by Gasteiger charge is 2.40. The Bertz CT molecular complexity index is 414. The third kappa shape index (κ3) is 3.12.